The number of halogens is 1. The van der Waals surface area contributed by atoms with Gasteiger partial charge in [0.05, 0.1) is 17.7 Å². The number of carbonyl (C=O) groups is 1. The minimum Gasteiger partial charge on any atom is -0.393 e. The molecule has 1 aliphatic heterocycles. The van der Waals surface area contributed by atoms with E-state index in [0.717, 1.165) is 18.4 Å². The van der Waals surface area contributed by atoms with Crippen molar-refractivity contribution in [2.24, 2.45) is 7.05 Å². The van der Waals surface area contributed by atoms with E-state index < -0.39 is 6.10 Å². The summed E-state index contributed by atoms with van der Waals surface area (Å²) < 4.78 is 21.1. The maximum Gasteiger partial charge on any atom is 0.270 e. The molecule has 1 N–H and O–H groups in total. The van der Waals surface area contributed by atoms with E-state index in [0.29, 0.717) is 30.5 Å². The monoisotopic (exact) mass is 346 g/mol. The van der Waals surface area contributed by atoms with Gasteiger partial charge in [0.1, 0.15) is 11.5 Å². The van der Waals surface area contributed by atoms with Crippen molar-refractivity contribution in [3.05, 3.63) is 35.8 Å². The molecule has 4 rings (SSSR count). The lowest BCUT2D eigenvalue weighted by atomic mass is 9.79. The number of carbonyl (C=O) groups excluding carboxylic acids is 1. The van der Waals surface area contributed by atoms with E-state index in [-0.39, 0.29) is 23.4 Å². The van der Waals surface area contributed by atoms with E-state index in [9.17, 15) is 14.3 Å². The molecular formula is C19H23FN2O3. The van der Waals surface area contributed by atoms with Crippen LogP contribution in [0.25, 0.3) is 10.9 Å². The smallest absolute Gasteiger partial charge is 0.270 e. The molecular weight excluding hydrogens is 323 g/mol. The van der Waals surface area contributed by atoms with E-state index in [2.05, 4.69) is 0 Å². The van der Waals surface area contributed by atoms with Gasteiger partial charge in [-0.05, 0) is 49.9 Å². The highest BCUT2D eigenvalue weighted by atomic mass is 19.1. The van der Waals surface area contributed by atoms with Gasteiger partial charge in [-0.25, -0.2) is 4.39 Å². The Bertz CT molecular complexity index is 833. The maximum atomic E-state index is 13.5. The first kappa shape index (κ1) is 16.5. The second-order valence-electron chi connectivity index (χ2n) is 7.25. The lowest BCUT2D eigenvalue weighted by molar-refractivity contribution is -0.0825. The lowest BCUT2D eigenvalue weighted by Gasteiger charge is -2.42. The Morgan fingerprint density at radius 3 is 2.92 bits per heavy atom. The third-order valence-electron chi connectivity index (χ3n) is 6.05. The number of methoxy groups -OCH3 is 1. The van der Waals surface area contributed by atoms with Crippen LogP contribution in [0.15, 0.2) is 24.3 Å². The molecule has 1 saturated heterocycles. The number of nitrogens with zero attached hydrogens (tertiary/aromatic N) is 2. The summed E-state index contributed by atoms with van der Waals surface area (Å²) in [6.45, 7) is 0.611. The van der Waals surface area contributed by atoms with Crippen molar-refractivity contribution in [3.63, 3.8) is 0 Å². The molecule has 1 aromatic carbocycles. The fraction of sp³-hybridized carbons (Fsp3) is 0.526. The summed E-state index contributed by atoms with van der Waals surface area (Å²) in [5, 5.41) is 10.8. The third-order valence-corrected chi connectivity index (χ3v) is 6.05. The molecule has 1 aromatic heterocycles. The number of aryl methyl sites for hydroxylation is 1. The molecule has 0 unspecified atom stereocenters. The van der Waals surface area contributed by atoms with Gasteiger partial charge in [-0.3, -0.25) is 4.79 Å². The van der Waals surface area contributed by atoms with Crippen LogP contribution in [0, 0.1) is 5.82 Å². The van der Waals surface area contributed by atoms with Crippen molar-refractivity contribution in [3.8, 4) is 0 Å². The highest BCUT2D eigenvalue weighted by molar-refractivity contribution is 5.99. The van der Waals surface area contributed by atoms with Crippen LogP contribution in [-0.2, 0) is 11.8 Å². The molecule has 6 heteroatoms. The van der Waals surface area contributed by atoms with Gasteiger partial charge in [0, 0.05) is 31.6 Å². The Morgan fingerprint density at radius 2 is 2.16 bits per heavy atom. The molecule has 0 radical (unpaired) electrons. The summed E-state index contributed by atoms with van der Waals surface area (Å²) >= 11 is 0. The number of likely N-dealkylation sites (tertiary alicyclic amines) is 1. The third kappa shape index (κ3) is 2.47. The number of aliphatic hydroxyl groups excluding tert-OH is 1. The van der Waals surface area contributed by atoms with E-state index in [1.54, 1.807) is 19.2 Å². The Kier molecular flexibility index (Phi) is 3.85. The van der Waals surface area contributed by atoms with Gasteiger partial charge in [-0.2, -0.15) is 0 Å². The summed E-state index contributed by atoms with van der Waals surface area (Å²) in [6.07, 6.45) is 2.39. The summed E-state index contributed by atoms with van der Waals surface area (Å²) in [5.41, 5.74) is 1.00. The summed E-state index contributed by atoms with van der Waals surface area (Å²) in [5.74, 6) is -0.399. The summed E-state index contributed by atoms with van der Waals surface area (Å²) in [7, 11) is 3.51. The molecule has 1 aliphatic carbocycles. The normalized spacial score (nSPS) is 29.2. The van der Waals surface area contributed by atoms with Crippen molar-refractivity contribution in [1.82, 2.24) is 9.47 Å². The Hall–Kier alpha value is -1.92. The topological polar surface area (TPSA) is 54.7 Å². The Balaban J connectivity index is 1.70. The largest absolute Gasteiger partial charge is 0.393 e. The van der Waals surface area contributed by atoms with Crippen molar-refractivity contribution in [1.29, 1.82) is 0 Å². The zero-order valence-corrected chi connectivity index (χ0v) is 14.5. The van der Waals surface area contributed by atoms with E-state index >= 15 is 0 Å². The van der Waals surface area contributed by atoms with Crippen molar-refractivity contribution in [2.75, 3.05) is 13.7 Å². The highest BCUT2D eigenvalue weighted by Gasteiger charge is 2.52. The van der Waals surface area contributed by atoms with Crippen LogP contribution < -0.4 is 0 Å². The van der Waals surface area contributed by atoms with Crippen LogP contribution in [0.3, 0.4) is 0 Å². The zero-order valence-electron chi connectivity index (χ0n) is 14.5. The van der Waals surface area contributed by atoms with Crippen molar-refractivity contribution < 1.29 is 19.0 Å². The molecule has 1 saturated carbocycles. The van der Waals surface area contributed by atoms with Gasteiger partial charge < -0.3 is 19.3 Å². The maximum absolute atomic E-state index is 13.5. The van der Waals surface area contributed by atoms with Crippen LogP contribution in [-0.4, -0.2) is 51.9 Å². The fourth-order valence-electron chi connectivity index (χ4n) is 4.59. The molecule has 2 heterocycles. The highest BCUT2D eigenvalue weighted by Crippen LogP contribution is 2.43. The standard InChI is InChI=1S/C19H23FN2O3/c1-21-15-4-3-13(20)9-12(15)10-16(21)18(24)22-8-7-19(25-2)6-5-14(23)11-17(19)22/h3-4,9-10,14,17,23H,5-8,11H2,1-2H3/t14-,17+,19-/m1/s1. The Labute approximate surface area is 146 Å². The number of benzene rings is 1. The van der Waals surface area contributed by atoms with Crippen LogP contribution in [0.4, 0.5) is 4.39 Å². The summed E-state index contributed by atoms with van der Waals surface area (Å²) in [6, 6.07) is 6.16. The van der Waals surface area contributed by atoms with Crippen LogP contribution >= 0.6 is 0 Å². The van der Waals surface area contributed by atoms with Gasteiger partial charge in [0.15, 0.2) is 0 Å². The number of amides is 1. The summed E-state index contributed by atoms with van der Waals surface area (Å²) in [4.78, 5) is 15.0. The quantitative estimate of drug-likeness (QED) is 0.909. The van der Waals surface area contributed by atoms with Gasteiger partial charge in [0.25, 0.3) is 5.91 Å². The average molecular weight is 346 g/mol. The molecule has 5 nitrogen and oxygen atoms in total. The number of aromatic nitrogens is 1. The van der Waals surface area contributed by atoms with Crippen molar-refractivity contribution >= 4 is 16.8 Å². The molecule has 25 heavy (non-hydrogen) atoms. The first-order chi connectivity index (χ1) is 11.9. The molecule has 0 spiro atoms. The van der Waals surface area contributed by atoms with Crippen LogP contribution in [0.5, 0.6) is 0 Å². The fourth-order valence-corrected chi connectivity index (χ4v) is 4.59. The zero-order chi connectivity index (χ0) is 17.8. The minimum absolute atomic E-state index is 0.0860. The Morgan fingerprint density at radius 1 is 1.36 bits per heavy atom. The molecule has 2 fully saturated rings. The van der Waals surface area contributed by atoms with E-state index in [4.69, 9.17) is 4.74 Å². The number of rotatable bonds is 2. The predicted octanol–water partition coefficient (Wildman–Crippen LogP) is 2.46. The minimum atomic E-state index is -0.400. The number of aliphatic hydroxyl groups is 1. The first-order valence-corrected chi connectivity index (χ1v) is 8.74. The van der Waals surface area contributed by atoms with Gasteiger partial charge in [0.2, 0.25) is 0 Å². The van der Waals surface area contributed by atoms with E-state index in [1.165, 1.54) is 12.1 Å². The number of fused-ring (bicyclic) bond motifs is 2. The molecule has 3 atom stereocenters. The lowest BCUT2D eigenvalue weighted by Crippen LogP contribution is -2.53. The number of hydrogen-bond acceptors (Lipinski definition) is 3. The second-order valence-corrected chi connectivity index (χ2v) is 7.25. The van der Waals surface area contributed by atoms with Gasteiger partial charge in [-0.1, -0.05) is 0 Å². The molecule has 1 amide bonds. The van der Waals surface area contributed by atoms with Gasteiger partial charge >= 0.3 is 0 Å². The molecule has 134 valence electrons. The number of ether oxygens (including phenoxy) is 1. The SMILES string of the molecule is CO[C@@]12CC[C@@H](O)C[C@@H]1N(C(=O)c1cc3cc(F)ccc3n1C)CC2. The molecule has 2 aromatic rings. The van der Waals surface area contributed by atoms with Crippen LogP contribution in [0.2, 0.25) is 0 Å². The van der Waals surface area contributed by atoms with Crippen LogP contribution in [0.1, 0.15) is 36.2 Å². The average Bonchev–Trinajstić information content (AvgIpc) is 3.13. The van der Waals surface area contributed by atoms with E-state index in [1.807, 2.05) is 16.5 Å². The molecule has 0 bridgehead atoms. The second kappa shape index (κ2) is 5.81. The predicted molar refractivity (Wildman–Crippen MR) is 91.9 cm³/mol. The number of hydrogen-bond donors (Lipinski definition) is 1. The first-order valence-electron chi connectivity index (χ1n) is 8.74. The van der Waals surface area contributed by atoms with Crippen molar-refractivity contribution in [2.45, 2.75) is 43.4 Å². The van der Waals surface area contributed by atoms with Gasteiger partial charge in [-0.15, -0.1) is 0 Å². The molecule has 2 aliphatic rings.